The Labute approximate surface area is 57.7 Å². The second-order valence-electron chi connectivity index (χ2n) is 1.61. The summed E-state index contributed by atoms with van der Waals surface area (Å²) in [5.74, 6) is 8.45. The molecule has 47 valence electrons. The summed E-state index contributed by atoms with van der Waals surface area (Å²) >= 11 is 0. The zero-order valence-corrected chi connectivity index (χ0v) is 5.78. The molecule has 0 atom stereocenters. The molecule has 0 aromatic rings. The first-order valence-electron chi connectivity index (χ1n) is 3.12. The van der Waals surface area contributed by atoms with Gasteiger partial charge in [-0.2, -0.15) is 0 Å². The van der Waals surface area contributed by atoms with Crippen LogP contribution in [0.15, 0.2) is 0 Å². The van der Waals surface area contributed by atoms with Gasteiger partial charge in [-0.25, -0.2) is 0 Å². The Hall–Kier alpha value is -0.880. The van der Waals surface area contributed by atoms with E-state index in [0.717, 1.165) is 19.3 Å². The van der Waals surface area contributed by atoms with Gasteiger partial charge in [0.1, 0.15) is 0 Å². The summed E-state index contributed by atoms with van der Waals surface area (Å²) in [6.07, 6.45) is 9.52. The molecule has 0 unspecified atom stereocenters. The van der Waals surface area contributed by atoms with E-state index in [1.165, 1.54) is 0 Å². The van der Waals surface area contributed by atoms with Gasteiger partial charge < -0.3 is 0 Å². The maximum Gasteiger partial charge on any atom is 0.0129 e. The van der Waals surface area contributed by atoms with Crippen LogP contribution in [-0.4, -0.2) is 0 Å². The molecule has 0 fully saturated rings. The van der Waals surface area contributed by atoms with E-state index in [-0.39, 0.29) is 0 Å². The number of unbranched alkanes of at least 4 members (excludes halogenated alkanes) is 2. The van der Waals surface area contributed by atoms with Crippen LogP contribution < -0.4 is 0 Å². The molecule has 0 aliphatic rings. The Morgan fingerprint density at radius 2 is 2.11 bits per heavy atom. The Morgan fingerprint density at radius 3 is 2.67 bits per heavy atom. The van der Waals surface area contributed by atoms with Crippen molar-refractivity contribution in [1.82, 2.24) is 0 Å². The minimum Gasteiger partial charge on any atom is -0.120 e. The maximum absolute atomic E-state index is 5.01. The first-order valence-corrected chi connectivity index (χ1v) is 3.12. The Balaban J connectivity index is 3.01. The Morgan fingerprint density at radius 1 is 1.33 bits per heavy atom. The number of terminal acetylenes is 1. The van der Waals surface area contributed by atoms with Gasteiger partial charge in [-0.3, -0.25) is 0 Å². The molecule has 0 saturated heterocycles. The summed E-state index contributed by atoms with van der Waals surface area (Å²) in [6, 6.07) is 0. The molecular weight excluding hydrogens is 108 g/mol. The van der Waals surface area contributed by atoms with Crippen LogP contribution in [0.5, 0.6) is 0 Å². The minimum absolute atomic E-state index is 0.735. The average molecular weight is 119 g/mol. The normalized spacial score (nSPS) is 7.11. The molecular formula is C9H11. The van der Waals surface area contributed by atoms with Gasteiger partial charge in [-0.1, -0.05) is 6.92 Å². The third-order valence-corrected chi connectivity index (χ3v) is 0.810. The molecule has 0 rings (SSSR count). The number of hydrogen-bond acceptors (Lipinski definition) is 0. The molecule has 0 nitrogen and oxygen atoms in total. The highest BCUT2D eigenvalue weighted by Crippen LogP contribution is 1.88. The summed E-state index contributed by atoms with van der Waals surface area (Å²) in [7, 11) is 0. The van der Waals surface area contributed by atoms with E-state index >= 15 is 0 Å². The molecule has 0 aromatic heterocycles. The fraction of sp³-hybridized carbons (Fsp3) is 0.444. The van der Waals surface area contributed by atoms with Crippen molar-refractivity contribution in [2.45, 2.75) is 26.2 Å². The van der Waals surface area contributed by atoms with Crippen molar-refractivity contribution < 1.29 is 0 Å². The number of rotatable bonds is 2. The van der Waals surface area contributed by atoms with Crippen molar-refractivity contribution in [3.8, 4) is 24.2 Å². The van der Waals surface area contributed by atoms with E-state index in [4.69, 9.17) is 6.42 Å². The molecule has 1 radical (unpaired) electrons. The second-order valence-corrected chi connectivity index (χ2v) is 1.61. The lowest BCUT2D eigenvalue weighted by molar-refractivity contribution is 1.15. The molecule has 0 spiro atoms. The fourth-order valence-electron chi connectivity index (χ4n) is 0.425. The molecule has 0 aromatic carbocycles. The zero-order valence-electron chi connectivity index (χ0n) is 5.78. The average Bonchev–Trinajstić information content (AvgIpc) is 1.89. The summed E-state index contributed by atoms with van der Waals surface area (Å²) in [6.45, 7) is 2.04. The maximum atomic E-state index is 5.01. The molecule has 0 aliphatic heterocycles. The van der Waals surface area contributed by atoms with Crippen LogP contribution in [-0.2, 0) is 0 Å². The standard InChI is InChI=1S/C9H11/c1-3-5-7-9-8-6-4-2/h1,7H,4-5,9H2,2H3. The highest BCUT2D eigenvalue weighted by Gasteiger charge is 1.76. The summed E-state index contributed by atoms with van der Waals surface area (Å²) in [5, 5.41) is 0. The van der Waals surface area contributed by atoms with Gasteiger partial charge in [0.05, 0.1) is 0 Å². The molecule has 0 N–H and O–H groups in total. The topological polar surface area (TPSA) is 0 Å². The van der Waals surface area contributed by atoms with Gasteiger partial charge in [-0.05, 0) is 6.42 Å². The van der Waals surface area contributed by atoms with Gasteiger partial charge in [0.15, 0.2) is 0 Å². The summed E-state index contributed by atoms with van der Waals surface area (Å²) in [5.41, 5.74) is 0. The van der Waals surface area contributed by atoms with Crippen molar-refractivity contribution in [3.05, 3.63) is 6.42 Å². The molecule has 0 aliphatic carbocycles. The lowest BCUT2D eigenvalue weighted by Gasteiger charge is -1.81. The van der Waals surface area contributed by atoms with E-state index in [1.807, 2.05) is 13.3 Å². The minimum atomic E-state index is 0.735. The van der Waals surface area contributed by atoms with Gasteiger partial charge in [-0.15, -0.1) is 24.2 Å². The van der Waals surface area contributed by atoms with Crippen LogP contribution in [0.4, 0.5) is 0 Å². The molecule has 0 saturated carbocycles. The van der Waals surface area contributed by atoms with Crippen LogP contribution in [0.25, 0.3) is 0 Å². The third kappa shape index (κ3) is 7.12. The molecule has 0 amide bonds. The fourth-order valence-corrected chi connectivity index (χ4v) is 0.425. The first kappa shape index (κ1) is 8.12. The predicted molar refractivity (Wildman–Crippen MR) is 40.4 cm³/mol. The summed E-state index contributed by atoms with van der Waals surface area (Å²) < 4.78 is 0. The van der Waals surface area contributed by atoms with E-state index in [1.54, 1.807) is 0 Å². The zero-order chi connectivity index (χ0) is 6.95. The Kier molecular flexibility index (Phi) is 6.42. The molecule has 9 heavy (non-hydrogen) atoms. The van der Waals surface area contributed by atoms with E-state index in [0.29, 0.717) is 0 Å². The van der Waals surface area contributed by atoms with Crippen molar-refractivity contribution >= 4 is 0 Å². The predicted octanol–water partition coefficient (Wildman–Crippen LogP) is 2.02. The summed E-state index contributed by atoms with van der Waals surface area (Å²) in [4.78, 5) is 0. The van der Waals surface area contributed by atoms with Crippen molar-refractivity contribution in [2.75, 3.05) is 0 Å². The highest BCUT2D eigenvalue weighted by molar-refractivity contribution is 5.03. The smallest absolute Gasteiger partial charge is 0.0129 e. The largest absolute Gasteiger partial charge is 0.120 e. The quantitative estimate of drug-likeness (QED) is 0.385. The van der Waals surface area contributed by atoms with Crippen molar-refractivity contribution in [2.24, 2.45) is 0 Å². The first-order chi connectivity index (χ1) is 4.41. The lowest BCUT2D eigenvalue weighted by Crippen LogP contribution is -1.69. The second kappa shape index (κ2) is 7.12. The van der Waals surface area contributed by atoms with Gasteiger partial charge in [0, 0.05) is 19.3 Å². The third-order valence-electron chi connectivity index (χ3n) is 0.810. The SMILES string of the molecule is C#CC[CH]CC#CCC. The monoisotopic (exact) mass is 119 g/mol. The van der Waals surface area contributed by atoms with Crippen molar-refractivity contribution in [3.63, 3.8) is 0 Å². The molecule has 0 heteroatoms. The van der Waals surface area contributed by atoms with Crippen LogP contribution in [0.1, 0.15) is 26.2 Å². The van der Waals surface area contributed by atoms with Crippen LogP contribution in [0.2, 0.25) is 0 Å². The Bertz CT molecular complexity index is 138. The van der Waals surface area contributed by atoms with E-state index < -0.39 is 0 Å². The van der Waals surface area contributed by atoms with Crippen LogP contribution in [0, 0.1) is 30.6 Å². The molecule has 0 heterocycles. The van der Waals surface area contributed by atoms with Gasteiger partial charge in [0.2, 0.25) is 0 Å². The van der Waals surface area contributed by atoms with Gasteiger partial charge >= 0.3 is 0 Å². The van der Waals surface area contributed by atoms with Crippen LogP contribution in [0.3, 0.4) is 0 Å². The lowest BCUT2D eigenvalue weighted by atomic mass is 10.2. The van der Waals surface area contributed by atoms with E-state index in [9.17, 15) is 0 Å². The highest BCUT2D eigenvalue weighted by atomic mass is 13.8. The van der Waals surface area contributed by atoms with Crippen molar-refractivity contribution in [1.29, 1.82) is 0 Å². The van der Waals surface area contributed by atoms with Gasteiger partial charge in [0.25, 0.3) is 0 Å². The molecule has 0 bridgehead atoms. The number of hydrogen-bond donors (Lipinski definition) is 0. The van der Waals surface area contributed by atoms with E-state index in [2.05, 4.69) is 17.8 Å². The van der Waals surface area contributed by atoms with Crippen LogP contribution >= 0.6 is 0 Å².